The van der Waals surface area contributed by atoms with Gasteiger partial charge in [0.05, 0.1) is 50.5 Å². The van der Waals surface area contributed by atoms with Gasteiger partial charge in [-0.3, -0.25) is 19.2 Å². The summed E-state index contributed by atoms with van der Waals surface area (Å²) in [5.41, 5.74) is 3.39. The van der Waals surface area contributed by atoms with Crippen molar-refractivity contribution in [2.75, 3.05) is 27.3 Å². The van der Waals surface area contributed by atoms with E-state index in [0.29, 0.717) is 25.3 Å². The lowest BCUT2D eigenvalue weighted by Crippen LogP contribution is -2.56. The third-order valence-electron chi connectivity index (χ3n) is 11.4. The van der Waals surface area contributed by atoms with E-state index < -0.39 is 29.6 Å². The van der Waals surface area contributed by atoms with Crippen LogP contribution in [0.15, 0.2) is 59.7 Å². The maximum Gasteiger partial charge on any atom is 0.407 e. The van der Waals surface area contributed by atoms with Crippen molar-refractivity contribution < 1.29 is 33.4 Å². The third kappa shape index (κ3) is 8.05. The van der Waals surface area contributed by atoms with Gasteiger partial charge in [-0.05, 0) is 66.7 Å². The molecule has 0 spiro atoms. The number of aromatic amines is 1. The second-order valence-corrected chi connectivity index (χ2v) is 15.8. The Morgan fingerprint density at radius 3 is 2.02 bits per heavy atom. The van der Waals surface area contributed by atoms with Crippen LogP contribution in [0.5, 0.6) is 0 Å². The van der Waals surface area contributed by atoms with Gasteiger partial charge in [0.2, 0.25) is 11.8 Å². The zero-order chi connectivity index (χ0) is 40.3. The molecule has 14 heteroatoms. The highest BCUT2D eigenvalue weighted by molar-refractivity contribution is 6.09. The lowest BCUT2D eigenvalue weighted by atomic mass is 9.90. The van der Waals surface area contributed by atoms with Crippen molar-refractivity contribution in [3.63, 3.8) is 0 Å². The molecule has 4 heterocycles. The number of amides is 4. The predicted octanol–water partition coefficient (Wildman–Crippen LogP) is 5.36. The van der Waals surface area contributed by atoms with E-state index in [-0.39, 0.29) is 48.0 Å². The minimum atomic E-state index is -1.11. The number of amidine groups is 1. The quantitative estimate of drug-likeness (QED) is 0.205. The highest BCUT2D eigenvalue weighted by Crippen LogP contribution is 2.36. The molecule has 1 unspecified atom stereocenters. The molecule has 4 amide bonds. The van der Waals surface area contributed by atoms with Gasteiger partial charge in [0.15, 0.2) is 0 Å². The van der Waals surface area contributed by atoms with Gasteiger partial charge >= 0.3 is 12.1 Å². The molecule has 5 atom stereocenters. The number of aromatic nitrogens is 2. The van der Waals surface area contributed by atoms with Crippen molar-refractivity contribution in [1.29, 1.82) is 0 Å². The SMILES string of the molecule is COC(=O)C[C@H](C(=O)N1CCC[C@H]1c1ncc(-c2ccc(-c3ccc(C4(C)NC([C@@H]5CCCN5C(=O)[C@@H](NC(=O)OC)C(C)C)=NC4=O)cc3)cc2)[nH]1)C(C)C. The molecule has 6 rings (SSSR count). The molecule has 1 aromatic heterocycles. The second-order valence-electron chi connectivity index (χ2n) is 15.8. The summed E-state index contributed by atoms with van der Waals surface area (Å²) < 4.78 is 9.60. The Labute approximate surface area is 327 Å². The third-order valence-corrected chi connectivity index (χ3v) is 11.4. The first-order valence-corrected chi connectivity index (χ1v) is 19.4. The van der Waals surface area contributed by atoms with Gasteiger partial charge in [0.1, 0.15) is 23.2 Å². The van der Waals surface area contributed by atoms with Crippen LogP contribution in [-0.4, -0.2) is 94.8 Å². The number of H-pyrrole nitrogens is 1. The molecule has 298 valence electrons. The van der Waals surface area contributed by atoms with Crippen molar-refractivity contribution in [1.82, 2.24) is 30.4 Å². The zero-order valence-corrected chi connectivity index (χ0v) is 33.3. The summed E-state index contributed by atoms with van der Waals surface area (Å²) in [6.45, 7) is 10.5. The van der Waals surface area contributed by atoms with E-state index in [1.165, 1.54) is 14.2 Å². The van der Waals surface area contributed by atoms with Gasteiger partial charge in [0, 0.05) is 13.1 Å². The van der Waals surface area contributed by atoms with Crippen LogP contribution in [0, 0.1) is 17.8 Å². The number of methoxy groups -OCH3 is 2. The van der Waals surface area contributed by atoms with Gasteiger partial charge in [-0.1, -0.05) is 76.2 Å². The monoisotopic (exact) mass is 767 g/mol. The fourth-order valence-electron chi connectivity index (χ4n) is 7.99. The number of alkyl carbamates (subject to hydrolysis) is 1. The van der Waals surface area contributed by atoms with Crippen LogP contribution in [0.1, 0.15) is 84.2 Å². The average molecular weight is 768 g/mol. The molecule has 14 nitrogen and oxygen atoms in total. The van der Waals surface area contributed by atoms with E-state index in [1.54, 1.807) is 18.0 Å². The Morgan fingerprint density at radius 1 is 0.839 bits per heavy atom. The van der Waals surface area contributed by atoms with Crippen molar-refractivity contribution >= 4 is 35.6 Å². The number of benzene rings is 2. The van der Waals surface area contributed by atoms with Crippen LogP contribution in [0.4, 0.5) is 4.79 Å². The summed E-state index contributed by atoms with van der Waals surface area (Å²) >= 11 is 0. The number of carbonyl (C=O) groups excluding carboxylic acids is 5. The molecule has 0 bridgehead atoms. The average Bonchev–Trinajstić information content (AvgIpc) is 4.02. The van der Waals surface area contributed by atoms with Gasteiger partial charge in [-0.2, -0.15) is 4.99 Å². The topological polar surface area (TPSA) is 175 Å². The van der Waals surface area contributed by atoms with E-state index in [9.17, 15) is 24.0 Å². The molecule has 56 heavy (non-hydrogen) atoms. The summed E-state index contributed by atoms with van der Waals surface area (Å²) in [5.74, 6) is -0.449. The molecular formula is C42H53N7O7. The van der Waals surface area contributed by atoms with E-state index in [1.807, 2.05) is 81.1 Å². The smallest absolute Gasteiger partial charge is 0.407 e. The number of esters is 1. The predicted molar refractivity (Wildman–Crippen MR) is 210 cm³/mol. The Kier molecular flexibility index (Phi) is 12.0. The Morgan fingerprint density at radius 2 is 1.43 bits per heavy atom. The van der Waals surface area contributed by atoms with Crippen molar-refractivity contribution in [2.45, 2.75) is 90.4 Å². The highest BCUT2D eigenvalue weighted by Gasteiger charge is 2.46. The standard InChI is InChI=1S/C42H53N7O7/c1-24(2)30(22-34(50)55-6)38(51)48-20-8-10-32(48)36-43-23-31(44-36)28-14-12-26(13-15-28)27-16-18-29(19-17-27)42(5)40(53)46-37(47-42)33-11-9-21-49(33)39(52)35(25(3)4)45-41(54)56-7/h12-19,23-25,30,32-33,35H,8-11,20-22H2,1-7H3,(H,43,44)(H,45,54)(H,46,47,53)/t30-,32-,33-,35-,42?/m0/s1. The Balaban J connectivity index is 1.11. The number of carbonyl (C=O) groups is 5. The van der Waals surface area contributed by atoms with E-state index in [0.717, 1.165) is 53.0 Å². The number of likely N-dealkylation sites (tertiary alicyclic amines) is 2. The number of imidazole rings is 1. The van der Waals surface area contributed by atoms with Crippen LogP contribution >= 0.6 is 0 Å². The zero-order valence-electron chi connectivity index (χ0n) is 33.3. The lowest BCUT2D eigenvalue weighted by Gasteiger charge is -2.32. The first-order chi connectivity index (χ1) is 26.7. The summed E-state index contributed by atoms with van der Waals surface area (Å²) in [7, 11) is 2.60. The molecule has 0 radical (unpaired) electrons. The maximum absolute atomic E-state index is 13.6. The first-order valence-electron chi connectivity index (χ1n) is 19.4. The highest BCUT2D eigenvalue weighted by atomic mass is 16.5. The van der Waals surface area contributed by atoms with Crippen LogP contribution < -0.4 is 10.6 Å². The molecule has 3 N–H and O–H groups in total. The fraction of sp³-hybridized carbons (Fsp3) is 0.500. The molecule has 0 aliphatic carbocycles. The van der Waals surface area contributed by atoms with Gasteiger partial charge < -0.3 is 34.9 Å². The Bertz CT molecular complexity index is 1970. The van der Waals surface area contributed by atoms with E-state index in [2.05, 4.69) is 25.6 Å². The number of hydrogen-bond donors (Lipinski definition) is 3. The number of rotatable bonds is 12. The molecule has 3 aliphatic rings. The molecule has 3 aromatic rings. The fourth-order valence-corrected chi connectivity index (χ4v) is 7.99. The van der Waals surface area contributed by atoms with Gasteiger partial charge in [0.25, 0.3) is 5.91 Å². The van der Waals surface area contributed by atoms with Crippen molar-refractivity contribution in [3.05, 3.63) is 66.1 Å². The van der Waals surface area contributed by atoms with E-state index >= 15 is 0 Å². The minimum Gasteiger partial charge on any atom is -0.469 e. The number of aliphatic imine (C=N–C) groups is 1. The minimum absolute atomic E-state index is 0.00830. The normalized spacial score (nSPS) is 21.9. The second kappa shape index (κ2) is 16.7. The first kappa shape index (κ1) is 40.1. The van der Waals surface area contributed by atoms with E-state index in [4.69, 9.17) is 9.47 Å². The van der Waals surface area contributed by atoms with Gasteiger partial charge in [-0.15, -0.1) is 0 Å². The largest absolute Gasteiger partial charge is 0.469 e. The Hall–Kier alpha value is -5.53. The van der Waals surface area contributed by atoms with Crippen LogP contribution in [-0.2, 0) is 34.2 Å². The molecular weight excluding hydrogens is 715 g/mol. The number of ether oxygens (including phenoxy) is 2. The molecule has 2 fully saturated rings. The van der Waals surface area contributed by atoms with Crippen molar-refractivity contribution in [2.24, 2.45) is 22.7 Å². The maximum atomic E-state index is 13.6. The van der Waals surface area contributed by atoms with Crippen LogP contribution in [0.2, 0.25) is 0 Å². The number of nitrogens with zero attached hydrogens (tertiary/aromatic N) is 4. The molecule has 0 saturated carbocycles. The van der Waals surface area contributed by atoms with Crippen molar-refractivity contribution in [3.8, 4) is 22.4 Å². The molecule has 3 aliphatic heterocycles. The summed E-state index contributed by atoms with van der Waals surface area (Å²) in [6, 6.07) is 14.5. The van der Waals surface area contributed by atoms with Crippen LogP contribution in [0.3, 0.4) is 0 Å². The summed E-state index contributed by atoms with van der Waals surface area (Å²) in [5, 5.41) is 6.02. The summed E-state index contributed by atoms with van der Waals surface area (Å²) in [4.78, 5) is 80.8. The van der Waals surface area contributed by atoms with Gasteiger partial charge in [-0.25, -0.2) is 9.78 Å². The number of nitrogens with one attached hydrogen (secondary N) is 3. The molecule has 2 aromatic carbocycles. The molecule has 2 saturated heterocycles. The lowest BCUT2D eigenvalue weighted by molar-refractivity contribution is -0.148. The summed E-state index contributed by atoms with van der Waals surface area (Å²) in [6.07, 6.45) is 4.22. The van der Waals surface area contributed by atoms with Crippen LogP contribution in [0.25, 0.3) is 22.4 Å². The number of hydrogen-bond acceptors (Lipinski definition) is 9.